The number of rotatable bonds is 8. The van der Waals surface area contributed by atoms with Crippen molar-refractivity contribution in [3.05, 3.63) is 59.3 Å². The fourth-order valence-corrected chi connectivity index (χ4v) is 3.70. The quantitative estimate of drug-likeness (QED) is 0.541. The normalized spacial score (nSPS) is 11.9. The summed E-state index contributed by atoms with van der Waals surface area (Å²) in [4.78, 5) is 11.1. The average molecular weight is 405 g/mol. The van der Waals surface area contributed by atoms with E-state index in [9.17, 15) is 4.79 Å². The molecule has 0 aliphatic carbocycles. The van der Waals surface area contributed by atoms with Crippen LogP contribution in [0.3, 0.4) is 0 Å². The summed E-state index contributed by atoms with van der Waals surface area (Å²) in [5.41, 5.74) is 4.19. The van der Waals surface area contributed by atoms with Crippen molar-refractivity contribution in [2.24, 2.45) is 13.0 Å². The molecule has 156 valence electrons. The zero-order chi connectivity index (χ0) is 21.7. The van der Waals surface area contributed by atoms with Gasteiger partial charge < -0.3 is 9.84 Å². The molecule has 5 heteroatoms. The molecule has 0 unspecified atom stereocenters. The molecule has 0 radical (unpaired) electrons. The van der Waals surface area contributed by atoms with E-state index in [4.69, 9.17) is 14.9 Å². The zero-order valence-electron chi connectivity index (χ0n) is 18.0. The van der Waals surface area contributed by atoms with E-state index in [1.165, 1.54) is 5.39 Å². The summed E-state index contributed by atoms with van der Waals surface area (Å²) in [6.07, 6.45) is 0.934. The maximum atomic E-state index is 11.1. The third kappa shape index (κ3) is 5.01. The van der Waals surface area contributed by atoms with Crippen LogP contribution in [0.1, 0.15) is 49.9 Å². The predicted molar refractivity (Wildman–Crippen MR) is 118 cm³/mol. The molecule has 1 aromatic heterocycles. The van der Waals surface area contributed by atoms with Crippen molar-refractivity contribution in [2.75, 3.05) is 0 Å². The van der Waals surface area contributed by atoms with E-state index in [2.05, 4.69) is 43.9 Å². The van der Waals surface area contributed by atoms with Crippen LogP contribution in [0.5, 0.6) is 5.75 Å². The highest BCUT2D eigenvalue weighted by Gasteiger charge is 2.15. The molecule has 3 aromatic rings. The smallest absolute Gasteiger partial charge is 0.304 e. The molecule has 0 saturated heterocycles. The Morgan fingerprint density at radius 3 is 2.57 bits per heavy atom. The van der Waals surface area contributed by atoms with Crippen molar-refractivity contribution in [1.82, 2.24) is 9.78 Å². The fourth-order valence-electron chi connectivity index (χ4n) is 3.70. The molecule has 3 rings (SSSR count). The van der Waals surface area contributed by atoms with Crippen molar-refractivity contribution in [1.29, 1.82) is 0 Å². The van der Waals surface area contributed by atoms with Crippen LogP contribution >= 0.6 is 0 Å². The number of nitrogens with zero attached hydrogens (tertiary/aromatic N) is 2. The molecule has 0 bridgehead atoms. The van der Waals surface area contributed by atoms with E-state index in [0.717, 1.165) is 34.5 Å². The second-order valence-electron chi connectivity index (χ2n) is 7.88. The number of hydrogen-bond donors (Lipinski definition) is 1. The van der Waals surface area contributed by atoms with Gasteiger partial charge in [0.1, 0.15) is 12.4 Å². The molecule has 1 heterocycles. The number of ether oxygens (including phenoxy) is 1. The Morgan fingerprint density at radius 1 is 1.20 bits per heavy atom. The molecule has 1 N–H and O–H groups in total. The highest BCUT2D eigenvalue weighted by atomic mass is 16.5. The molecule has 0 saturated carbocycles. The van der Waals surface area contributed by atoms with Gasteiger partial charge in [0, 0.05) is 18.0 Å². The molecule has 2 aromatic carbocycles. The minimum atomic E-state index is -0.857. The lowest BCUT2D eigenvalue weighted by Gasteiger charge is -2.11. The highest BCUT2D eigenvalue weighted by Crippen LogP contribution is 2.26. The Kier molecular flexibility index (Phi) is 6.79. The van der Waals surface area contributed by atoms with E-state index in [1.807, 2.05) is 36.0 Å². The van der Waals surface area contributed by atoms with Crippen molar-refractivity contribution in [3.63, 3.8) is 0 Å². The molecule has 0 fully saturated rings. The number of carbonyl (C=O) groups is 1. The number of fused-ring (bicyclic) bond motifs is 1. The monoisotopic (exact) mass is 404 g/mol. The second kappa shape index (κ2) is 9.49. The number of aliphatic carboxylic acids is 1. The van der Waals surface area contributed by atoms with Crippen LogP contribution in [0.15, 0.2) is 42.5 Å². The summed E-state index contributed by atoms with van der Waals surface area (Å²) in [5.74, 6) is 5.89. The van der Waals surface area contributed by atoms with Crippen LogP contribution in [0.4, 0.5) is 0 Å². The SMILES string of the molecule is CC#C[C@@H](CC(=O)O)c1ccc(OCc2cccc3c(CC(C)C)nn(C)c23)cc1. The highest BCUT2D eigenvalue weighted by molar-refractivity contribution is 5.85. The van der Waals surface area contributed by atoms with Gasteiger partial charge in [0.2, 0.25) is 0 Å². The van der Waals surface area contributed by atoms with Gasteiger partial charge in [-0.3, -0.25) is 9.48 Å². The number of aryl methyl sites for hydroxylation is 1. The van der Waals surface area contributed by atoms with Crippen molar-refractivity contribution in [3.8, 4) is 17.6 Å². The second-order valence-corrected chi connectivity index (χ2v) is 7.88. The van der Waals surface area contributed by atoms with Gasteiger partial charge in [-0.05, 0) is 37.0 Å². The van der Waals surface area contributed by atoms with Crippen molar-refractivity contribution < 1.29 is 14.6 Å². The lowest BCUT2D eigenvalue weighted by molar-refractivity contribution is -0.137. The Hall–Kier alpha value is -3.26. The summed E-state index contributed by atoms with van der Waals surface area (Å²) < 4.78 is 7.97. The van der Waals surface area contributed by atoms with Gasteiger partial charge >= 0.3 is 5.97 Å². The van der Waals surface area contributed by atoms with Gasteiger partial charge in [-0.1, -0.05) is 50.1 Å². The lowest BCUT2D eigenvalue weighted by atomic mass is 9.96. The Labute approximate surface area is 177 Å². The third-order valence-corrected chi connectivity index (χ3v) is 5.00. The maximum Gasteiger partial charge on any atom is 0.304 e. The van der Waals surface area contributed by atoms with E-state index in [0.29, 0.717) is 12.5 Å². The van der Waals surface area contributed by atoms with E-state index < -0.39 is 5.97 Å². The summed E-state index contributed by atoms with van der Waals surface area (Å²) in [5, 5.41) is 15.0. The number of para-hydroxylation sites is 1. The Morgan fingerprint density at radius 2 is 1.93 bits per heavy atom. The molecule has 0 amide bonds. The van der Waals surface area contributed by atoms with Gasteiger partial charge in [0.15, 0.2) is 0 Å². The summed E-state index contributed by atoms with van der Waals surface area (Å²) >= 11 is 0. The zero-order valence-corrected chi connectivity index (χ0v) is 18.0. The van der Waals surface area contributed by atoms with Crippen LogP contribution in [0.2, 0.25) is 0 Å². The minimum absolute atomic E-state index is 0.0117. The first-order valence-electron chi connectivity index (χ1n) is 10.2. The van der Waals surface area contributed by atoms with Crippen LogP contribution in [-0.2, 0) is 24.9 Å². The summed E-state index contributed by atoms with van der Waals surface area (Å²) in [6, 6.07) is 13.8. The van der Waals surface area contributed by atoms with E-state index in [1.54, 1.807) is 6.92 Å². The summed E-state index contributed by atoms with van der Waals surface area (Å²) in [7, 11) is 1.97. The molecule has 5 nitrogen and oxygen atoms in total. The Bertz CT molecular complexity index is 1090. The molecule has 30 heavy (non-hydrogen) atoms. The van der Waals surface area contributed by atoms with Gasteiger partial charge in [-0.15, -0.1) is 5.92 Å². The average Bonchev–Trinajstić information content (AvgIpc) is 3.01. The first kappa shape index (κ1) is 21.4. The van der Waals surface area contributed by atoms with E-state index >= 15 is 0 Å². The first-order valence-corrected chi connectivity index (χ1v) is 10.2. The predicted octanol–water partition coefficient (Wildman–Crippen LogP) is 4.93. The van der Waals surface area contributed by atoms with Crippen LogP contribution in [-0.4, -0.2) is 20.9 Å². The minimum Gasteiger partial charge on any atom is -0.489 e. The van der Waals surface area contributed by atoms with Crippen LogP contribution in [0.25, 0.3) is 10.9 Å². The molecule has 0 spiro atoms. The first-order chi connectivity index (χ1) is 14.4. The number of aromatic nitrogens is 2. The number of carboxylic acid groups (broad SMARTS) is 1. The maximum absolute atomic E-state index is 11.1. The van der Waals surface area contributed by atoms with Crippen LogP contribution < -0.4 is 4.74 Å². The molecular formula is C25H28N2O3. The van der Waals surface area contributed by atoms with Crippen molar-refractivity contribution in [2.45, 2.75) is 46.1 Å². The van der Waals surface area contributed by atoms with Gasteiger partial charge in [0.05, 0.1) is 23.5 Å². The Balaban J connectivity index is 1.77. The van der Waals surface area contributed by atoms with Gasteiger partial charge in [-0.2, -0.15) is 5.10 Å². The molecular weight excluding hydrogens is 376 g/mol. The standard InChI is InChI=1S/C25H28N2O3/c1-5-7-19(15-24(28)29)18-10-12-21(13-11-18)30-16-20-8-6-9-22-23(14-17(2)3)26-27(4)25(20)22/h6,8-13,17,19H,14-16H2,1-4H3,(H,28,29)/t19-/m0/s1. The topological polar surface area (TPSA) is 64.3 Å². The third-order valence-electron chi connectivity index (χ3n) is 5.00. The largest absolute Gasteiger partial charge is 0.489 e. The van der Waals surface area contributed by atoms with Crippen molar-refractivity contribution >= 4 is 16.9 Å². The molecule has 0 aliphatic heterocycles. The number of carboxylic acids is 1. The number of hydrogen-bond acceptors (Lipinski definition) is 3. The van der Waals surface area contributed by atoms with Gasteiger partial charge in [-0.25, -0.2) is 0 Å². The van der Waals surface area contributed by atoms with E-state index in [-0.39, 0.29) is 12.3 Å². The summed E-state index contributed by atoms with van der Waals surface area (Å²) in [6.45, 7) is 6.55. The lowest BCUT2D eigenvalue weighted by Crippen LogP contribution is -2.05. The van der Waals surface area contributed by atoms with Crippen LogP contribution in [0, 0.1) is 17.8 Å². The number of benzene rings is 2. The van der Waals surface area contributed by atoms with Gasteiger partial charge in [0.25, 0.3) is 0 Å². The molecule has 1 atom stereocenters. The molecule has 0 aliphatic rings. The fraction of sp³-hybridized carbons (Fsp3) is 0.360.